The maximum absolute atomic E-state index is 13.4. The molecule has 0 aromatic carbocycles. The van der Waals surface area contributed by atoms with E-state index in [2.05, 4.69) is 22.7 Å². The van der Waals surface area contributed by atoms with E-state index in [1.807, 2.05) is 0 Å². The fourth-order valence-corrected chi connectivity index (χ4v) is 3.04. The van der Waals surface area contributed by atoms with Gasteiger partial charge in [-0.15, -0.1) is 0 Å². The lowest BCUT2D eigenvalue weighted by molar-refractivity contribution is 0.0832. The van der Waals surface area contributed by atoms with Gasteiger partial charge < -0.3 is 8.85 Å². The minimum atomic E-state index is -4.85. The maximum atomic E-state index is 13.4. The molecular formula is C16H34F2O2Si. The average Bonchev–Trinajstić information content (AvgIpc) is 2.45. The number of hydrogen-bond acceptors (Lipinski definition) is 2. The summed E-state index contributed by atoms with van der Waals surface area (Å²) in [5.41, 5.74) is 0. The molecule has 0 amide bonds. The monoisotopic (exact) mass is 324 g/mol. The van der Waals surface area contributed by atoms with Crippen LogP contribution in [-0.2, 0) is 8.85 Å². The van der Waals surface area contributed by atoms with Gasteiger partial charge in [-0.25, -0.2) is 8.22 Å². The van der Waals surface area contributed by atoms with Crippen molar-refractivity contribution in [1.29, 1.82) is 0 Å². The van der Waals surface area contributed by atoms with Crippen LogP contribution in [0.3, 0.4) is 0 Å². The maximum Gasteiger partial charge on any atom is 0.761 e. The van der Waals surface area contributed by atoms with Gasteiger partial charge in [-0.05, 0) is 12.8 Å². The quantitative estimate of drug-likeness (QED) is 0.193. The summed E-state index contributed by atoms with van der Waals surface area (Å²) in [6.07, 6.45) is 12.9. The van der Waals surface area contributed by atoms with Crippen LogP contribution in [0.5, 0.6) is 0 Å². The molecule has 0 saturated carbocycles. The summed E-state index contributed by atoms with van der Waals surface area (Å²) >= 11 is 0. The molecule has 0 aliphatic heterocycles. The molecular weight excluding hydrogens is 290 g/mol. The summed E-state index contributed by atoms with van der Waals surface area (Å²) in [6.45, 7) is 4.61. The van der Waals surface area contributed by atoms with Crippen LogP contribution in [-0.4, -0.2) is 22.4 Å². The Labute approximate surface area is 131 Å². The molecule has 0 rings (SSSR count). The number of rotatable bonds is 16. The van der Waals surface area contributed by atoms with Crippen LogP contribution in [0.4, 0.5) is 8.22 Å². The fraction of sp³-hybridized carbons (Fsp3) is 1.00. The second kappa shape index (κ2) is 14.9. The predicted molar refractivity (Wildman–Crippen MR) is 86.6 cm³/mol. The molecule has 0 bridgehead atoms. The Kier molecular flexibility index (Phi) is 14.9. The SMILES string of the molecule is CCCCCCCCO[Si](F)(F)OCCCCCCCC. The lowest BCUT2D eigenvalue weighted by atomic mass is 10.1. The van der Waals surface area contributed by atoms with E-state index in [9.17, 15) is 8.22 Å². The van der Waals surface area contributed by atoms with Gasteiger partial charge in [0.1, 0.15) is 0 Å². The zero-order chi connectivity index (χ0) is 15.8. The van der Waals surface area contributed by atoms with Gasteiger partial charge in [0.05, 0.1) is 0 Å². The van der Waals surface area contributed by atoms with Gasteiger partial charge in [-0.2, -0.15) is 0 Å². The molecule has 0 aromatic heterocycles. The zero-order valence-corrected chi connectivity index (χ0v) is 15.0. The lowest BCUT2D eigenvalue weighted by Gasteiger charge is -2.13. The Morgan fingerprint density at radius 1 is 0.571 bits per heavy atom. The van der Waals surface area contributed by atoms with Gasteiger partial charge >= 0.3 is 9.23 Å². The minimum absolute atomic E-state index is 0.141. The van der Waals surface area contributed by atoms with E-state index in [0.717, 1.165) is 25.7 Å². The van der Waals surface area contributed by atoms with Crippen LogP contribution in [0.1, 0.15) is 90.9 Å². The third-order valence-electron chi connectivity index (χ3n) is 3.54. The molecule has 0 saturated heterocycles. The highest BCUT2D eigenvalue weighted by molar-refractivity contribution is 6.51. The molecule has 21 heavy (non-hydrogen) atoms. The summed E-state index contributed by atoms with van der Waals surface area (Å²) in [7, 11) is -4.85. The van der Waals surface area contributed by atoms with Crippen molar-refractivity contribution >= 4 is 9.23 Å². The van der Waals surface area contributed by atoms with Gasteiger partial charge in [-0.3, -0.25) is 0 Å². The van der Waals surface area contributed by atoms with Gasteiger partial charge in [0.2, 0.25) is 0 Å². The Bertz CT molecular complexity index is 196. The van der Waals surface area contributed by atoms with Crippen LogP contribution in [0.2, 0.25) is 0 Å². The topological polar surface area (TPSA) is 18.5 Å². The molecule has 0 aliphatic rings. The summed E-state index contributed by atoms with van der Waals surface area (Å²) < 4.78 is 36.1. The molecule has 0 fully saturated rings. The second-order valence-corrected chi connectivity index (χ2v) is 7.20. The first-order valence-electron chi connectivity index (χ1n) is 8.78. The smallest absolute Gasteiger partial charge is 0.345 e. The normalized spacial score (nSPS) is 12.0. The number of halogens is 2. The molecule has 128 valence electrons. The van der Waals surface area contributed by atoms with Crippen molar-refractivity contribution in [3.05, 3.63) is 0 Å². The Balaban J connectivity index is 3.35. The van der Waals surface area contributed by atoms with E-state index in [4.69, 9.17) is 0 Å². The summed E-state index contributed by atoms with van der Waals surface area (Å²) in [4.78, 5) is 0. The van der Waals surface area contributed by atoms with E-state index in [1.165, 1.54) is 38.5 Å². The van der Waals surface area contributed by atoms with E-state index >= 15 is 0 Å². The van der Waals surface area contributed by atoms with Gasteiger partial charge in [-0.1, -0.05) is 78.1 Å². The molecule has 0 aromatic rings. The van der Waals surface area contributed by atoms with Crippen molar-refractivity contribution in [3.63, 3.8) is 0 Å². The molecule has 2 nitrogen and oxygen atoms in total. The van der Waals surface area contributed by atoms with Crippen molar-refractivity contribution in [2.75, 3.05) is 13.2 Å². The second-order valence-electron chi connectivity index (χ2n) is 5.70. The lowest BCUT2D eigenvalue weighted by Crippen LogP contribution is -2.33. The summed E-state index contributed by atoms with van der Waals surface area (Å²) in [5.74, 6) is 0. The Morgan fingerprint density at radius 3 is 1.29 bits per heavy atom. The summed E-state index contributed by atoms with van der Waals surface area (Å²) in [5, 5.41) is 0. The summed E-state index contributed by atoms with van der Waals surface area (Å²) in [6, 6.07) is 0. The molecule has 0 heterocycles. The van der Waals surface area contributed by atoms with Crippen molar-refractivity contribution in [1.82, 2.24) is 0 Å². The van der Waals surface area contributed by atoms with Crippen LogP contribution in [0.25, 0.3) is 0 Å². The van der Waals surface area contributed by atoms with Gasteiger partial charge in [0.15, 0.2) is 0 Å². The van der Waals surface area contributed by atoms with E-state index in [-0.39, 0.29) is 13.2 Å². The number of unbranched alkanes of at least 4 members (excludes halogenated alkanes) is 10. The first-order chi connectivity index (χ1) is 10.1. The highest BCUT2D eigenvalue weighted by atomic mass is 28.5. The minimum Gasteiger partial charge on any atom is -0.345 e. The largest absolute Gasteiger partial charge is 0.761 e. The van der Waals surface area contributed by atoms with E-state index in [1.54, 1.807) is 0 Å². The molecule has 0 unspecified atom stereocenters. The van der Waals surface area contributed by atoms with Gasteiger partial charge in [0, 0.05) is 13.2 Å². The fourth-order valence-electron chi connectivity index (χ4n) is 2.19. The predicted octanol–water partition coefficient (Wildman–Crippen LogP) is 6.12. The van der Waals surface area contributed by atoms with Crippen molar-refractivity contribution < 1.29 is 17.1 Å². The molecule has 0 N–H and O–H groups in total. The van der Waals surface area contributed by atoms with Crippen molar-refractivity contribution in [3.8, 4) is 0 Å². The van der Waals surface area contributed by atoms with Crippen LogP contribution in [0, 0.1) is 0 Å². The highest BCUT2D eigenvalue weighted by Crippen LogP contribution is 2.14. The van der Waals surface area contributed by atoms with Gasteiger partial charge in [0.25, 0.3) is 0 Å². The Hall–Kier alpha value is -0.00312. The average molecular weight is 325 g/mol. The standard InChI is InChI=1S/C16H34F2O2Si/c1-3-5-7-9-11-13-15-19-21(17,18)20-16-14-12-10-8-6-4-2/h3-16H2,1-2H3. The number of hydrogen-bond donors (Lipinski definition) is 0. The Morgan fingerprint density at radius 2 is 0.905 bits per heavy atom. The van der Waals surface area contributed by atoms with Crippen LogP contribution < -0.4 is 0 Å². The third-order valence-corrected chi connectivity index (χ3v) is 4.62. The van der Waals surface area contributed by atoms with Crippen molar-refractivity contribution in [2.24, 2.45) is 0 Å². The molecule has 0 atom stereocenters. The molecule has 0 spiro atoms. The highest BCUT2D eigenvalue weighted by Gasteiger charge is 2.42. The van der Waals surface area contributed by atoms with Crippen LogP contribution in [0.15, 0.2) is 0 Å². The van der Waals surface area contributed by atoms with Crippen molar-refractivity contribution in [2.45, 2.75) is 90.9 Å². The van der Waals surface area contributed by atoms with Crippen LogP contribution >= 0.6 is 0 Å². The first kappa shape index (κ1) is 21.0. The molecule has 0 radical (unpaired) electrons. The molecule has 0 aliphatic carbocycles. The zero-order valence-electron chi connectivity index (χ0n) is 14.0. The molecule has 5 heteroatoms. The third kappa shape index (κ3) is 16.2. The van der Waals surface area contributed by atoms with E-state index in [0.29, 0.717) is 12.8 Å². The van der Waals surface area contributed by atoms with E-state index < -0.39 is 9.23 Å². The first-order valence-corrected chi connectivity index (χ1v) is 10.4.